The number of piperidine rings is 1. The normalized spacial score (nSPS) is 43.0. The molecule has 108 valence electrons. The summed E-state index contributed by atoms with van der Waals surface area (Å²) < 4.78 is 0. The van der Waals surface area contributed by atoms with Crippen molar-refractivity contribution in [2.45, 2.75) is 44.1 Å². The van der Waals surface area contributed by atoms with Crippen LogP contribution in [0.5, 0.6) is 0 Å². The summed E-state index contributed by atoms with van der Waals surface area (Å²) in [5.74, 6) is 6.64. The number of anilines is 1. The van der Waals surface area contributed by atoms with E-state index in [0.717, 1.165) is 55.6 Å². The van der Waals surface area contributed by atoms with Gasteiger partial charge in [-0.05, 0) is 55.8 Å². The first-order valence-corrected chi connectivity index (χ1v) is 8.24. The van der Waals surface area contributed by atoms with Gasteiger partial charge in [-0.15, -0.1) is 5.10 Å². The summed E-state index contributed by atoms with van der Waals surface area (Å²) in [5, 5.41) is 7.71. The average Bonchev–Trinajstić information content (AvgIpc) is 2.89. The van der Waals surface area contributed by atoms with E-state index in [9.17, 15) is 0 Å². The highest BCUT2D eigenvalue weighted by Gasteiger charge is 2.66. The standard InChI is InChI=1S/C15H23N5/c16-10-3-5-20(6-4-10)15-17-14(18-19-15)13-11-8-1-2-9(7-8)12(11)13/h8-13H,1-7,16H2,(H,17,18,19). The molecule has 4 atom stereocenters. The molecule has 3 N–H and O–H groups in total. The quantitative estimate of drug-likeness (QED) is 0.856. The monoisotopic (exact) mass is 273 g/mol. The molecule has 0 amide bonds. The van der Waals surface area contributed by atoms with Crippen molar-refractivity contribution in [3.05, 3.63) is 5.82 Å². The molecule has 4 fully saturated rings. The topological polar surface area (TPSA) is 70.8 Å². The molecule has 5 heteroatoms. The smallest absolute Gasteiger partial charge is 0.244 e. The Bertz CT molecular complexity index is 502. The lowest BCUT2D eigenvalue weighted by molar-refractivity contribution is 0.456. The Balaban J connectivity index is 1.32. The van der Waals surface area contributed by atoms with E-state index < -0.39 is 0 Å². The first kappa shape index (κ1) is 11.5. The number of fused-ring (bicyclic) bond motifs is 5. The maximum absolute atomic E-state index is 5.96. The Hall–Kier alpha value is -1.10. The SMILES string of the molecule is NC1CCN(c2n[nH]c(C3C4C5CCC(C5)C34)n2)CC1. The van der Waals surface area contributed by atoms with E-state index in [1.165, 1.54) is 25.1 Å². The minimum atomic E-state index is 0.364. The molecular weight excluding hydrogens is 250 g/mol. The van der Waals surface area contributed by atoms with Crippen LogP contribution < -0.4 is 10.6 Å². The fraction of sp³-hybridized carbons (Fsp3) is 0.867. The lowest BCUT2D eigenvalue weighted by atomic mass is 10.0. The van der Waals surface area contributed by atoms with Crippen molar-refractivity contribution in [3.8, 4) is 0 Å². The van der Waals surface area contributed by atoms with Crippen LogP contribution >= 0.6 is 0 Å². The lowest BCUT2D eigenvalue weighted by Gasteiger charge is -2.28. The van der Waals surface area contributed by atoms with Gasteiger partial charge in [0.2, 0.25) is 5.95 Å². The van der Waals surface area contributed by atoms with Crippen molar-refractivity contribution in [2.24, 2.45) is 29.4 Å². The number of H-pyrrole nitrogens is 1. The van der Waals surface area contributed by atoms with Gasteiger partial charge in [-0.2, -0.15) is 4.98 Å². The van der Waals surface area contributed by atoms with Gasteiger partial charge in [-0.1, -0.05) is 0 Å². The maximum atomic E-state index is 5.96. The number of nitrogens with two attached hydrogens (primary N) is 1. The molecule has 2 bridgehead atoms. The highest BCUT2D eigenvalue weighted by Crippen LogP contribution is 2.72. The van der Waals surface area contributed by atoms with Gasteiger partial charge in [0.05, 0.1) is 0 Å². The van der Waals surface area contributed by atoms with Crippen LogP contribution in [0.3, 0.4) is 0 Å². The van der Waals surface area contributed by atoms with Gasteiger partial charge >= 0.3 is 0 Å². The van der Waals surface area contributed by atoms with Crippen molar-refractivity contribution >= 4 is 5.95 Å². The van der Waals surface area contributed by atoms with Gasteiger partial charge < -0.3 is 10.6 Å². The van der Waals surface area contributed by atoms with Gasteiger partial charge in [0.15, 0.2) is 0 Å². The molecule has 3 saturated carbocycles. The molecule has 5 rings (SSSR count). The first-order valence-electron chi connectivity index (χ1n) is 8.24. The number of aromatic amines is 1. The second-order valence-electron chi connectivity index (χ2n) is 7.36. The van der Waals surface area contributed by atoms with Gasteiger partial charge in [0.25, 0.3) is 0 Å². The highest BCUT2D eigenvalue weighted by atomic mass is 15.4. The molecule has 3 aliphatic carbocycles. The van der Waals surface area contributed by atoms with Crippen LogP contribution in [0.15, 0.2) is 0 Å². The molecule has 1 aromatic heterocycles. The predicted molar refractivity (Wildman–Crippen MR) is 76.4 cm³/mol. The van der Waals surface area contributed by atoms with Crippen LogP contribution in [-0.2, 0) is 0 Å². The van der Waals surface area contributed by atoms with Crippen molar-refractivity contribution in [2.75, 3.05) is 18.0 Å². The molecule has 0 radical (unpaired) electrons. The average molecular weight is 273 g/mol. The molecule has 4 aliphatic rings. The van der Waals surface area contributed by atoms with Gasteiger partial charge in [0, 0.05) is 25.0 Å². The van der Waals surface area contributed by atoms with Crippen molar-refractivity contribution in [1.29, 1.82) is 0 Å². The van der Waals surface area contributed by atoms with Crippen LogP contribution in [0.4, 0.5) is 5.95 Å². The zero-order chi connectivity index (χ0) is 13.3. The number of aromatic nitrogens is 3. The third-order valence-corrected chi connectivity index (χ3v) is 6.36. The third-order valence-electron chi connectivity index (χ3n) is 6.36. The molecule has 5 nitrogen and oxygen atoms in total. The number of rotatable bonds is 2. The van der Waals surface area contributed by atoms with Crippen LogP contribution in [0.2, 0.25) is 0 Å². The highest BCUT2D eigenvalue weighted by molar-refractivity contribution is 5.33. The molecular formula is C15H23N5. The van der Waals surface area contributed by atoms with Gasteiger partial charge in [-0.3, -0.25) is 5.10 Å². The minimum absolute atomic E-state index is 0.364. The summed E-state index contributed by atoms with van der Waals surface area (Å²) in [6, 6.07) is 0.364. The minimum Gasteiger partial charge on any atom is -0.339 e. The fourth-order valence-electron chi connectivity index (χ4n) is 5.35. The maximum Gasteiger partial charge on any atom is 0.244 e. The number of nitrogens with zero attached hydrogens (tertiary/aromatic N) is 3. The fourth-order valence-corrected chi connectivity index (χ4v) is 5.35. The Morgan fingerprint density at radius 3 is 2.45 bits per heavy atom. The van der Waals surface area contributed by atoms with Crippen LogP contribution in [-0.4, -0.2) is 34.3 Å². The second-order valence-corrected chi connectivity index (χ2v) is 7.36. The van der Waals surface area contributed by atoms with Gasteiger partial charge in [0.1, 0.15) is 5.82 Å². The van der Waals surface area contributed by atoms with Crippen LogP contribution in [0, 0.1) is 23.7 Å². The van der Waals surface area contributed by atoms with E-state index in [1.54, 1.807) is 0 Å². The van der Waals surface area contributed by atoms with Crippen LogP contribution in [0.25, 0.3) is 0 Å². The van der Waals surface area contributed by atoms with Crippen molar-refractivity contribution < 1.29 is 0 Å². The second kappa shape index (κ2) is 3.97. The Kier molecular flexibility index (Phi) is 2.29. The largest absolute Gasteiger partial charge is 0.339 e. The van der Waals surface area contributed by atoms with E-state index in [2.05, 4.69) is 15.1 Å². The Labute approximate surface area is 119 Å². The summed E-state index contributed by atoms with van der Waals surface area (Å²) in [6.45, 7) is 2.00. The number of nitrogens with one attached hydrogen (secondary N) is 1. The first-order chi connectivity index (χ1) is 9.81. The molecule has 1 aromatic rings. The molecule has 2 heterocycles. The Morgan fingerprint density at radius 2 is 1.75 bits per heavy atom. The molecule has 0 spiro atoms. The zero-order valence-corrected chi connectivity index (χ0v) is 11.8. The van der Waals surface area contributed by atoms with E-state index in [4.69, 9.17) is 10.7 Å². The van der Waals surface area contributed by atoms with E-state index in [1.807, 2.05) is 0 Å². The summed E-state index contributed by atoms with van der Waals surface area (Å²) in [5.41, 5.74) is 5.96. The number of hydrogen-bond acceptors (Lipinski definition) is 4. The van der Waals surface area contributed by atoms with Crippen molar-refractivity contribution in [1.82, 2.24) is 15.2 Å². The molecule has 20 heavy (non-hydrogen) atoms. The van der Waals surface area contributed by atoms with E-state index in [-0.39, 0.29) is 0 Å². The summed E-state index contributed by atoms with van der Waals surface area (Å²) >= 11 is 0. The number of hydrogen-bond donors (Lipinski definition) is 2. The third kappa shape index (κ3) is 1.53. The predicted octanol–water partition coefficient (Wildman–Crippen LogP) is 1.49. The van der Waals surface area contributed by atoms with E-state index >= 15 is 0 Å². The molecule has 0 aromatic carbocycles. The zero-order valence-electron chi connectivity index (χ0n) is 11.8. The summed E-state index contributed by atoms with van der Waals surface area (Å²) in [7, 11) is 0. The summed E-state index contributed by atoms with van der Waals surface area (Å²) in [6.07, 6.45) is 6.54. The lowest BCUT2D eigenvalue weighted by Crippen LogP contribution is -2.40. The Morgan fingerprint density at radius 1 is 1.05 bits per heavy atom. The molecule has 4 unspecified atom stereocenters. The van der Waals surface area contributed by atoms with E-state index in [0.29, 0.717) is 12.0 Å². The summed E-state index contributed by atoms with van der Waals surface area (Å²) in [4.78, 5) is 7.11. The molecule has 1 aliphatic heterocycles. The molecule has 1 saturated heterocycles. The van der Waals surface area contributed by atoms with Crippen LogP contribution in [0.1, 0.15) is 43.8 Å². The van der Waals surface area contributed by atoms with Gasteiger partial charge in [-0.25, -0.2) is 0 Å². The van der Waals surface area contributed by atoms with Crippen molar-refractivity contribution in [3.63, 3.8) is 0 Å².